The van der Waals surface area contributed by atoms with E-state index in [1.54, 1.807) is 0 Å². The summed E-state index contributed by atoms with van der Waals surface area (Å²) >= 11 is 0. The number of rotatable bonds is 1. The third-order valence-electron chi connectivity index (χ3n) is 1.29. The molecular formula is C7H11FeN. The predicted octanol–water partition coefficient (Wildman–Crippen LogP) is 1.39. The molecule has 0 unspecified atom stereocenters. The van der Waals surface area contributed by atoms with Crippen LogP contribution >= 0.6 is 0 Å². The third kappa shape index (κ3) is 2.73. The van der Waals surface area contributed by atoms with E-state index in [1.165, 1.54) is 0 Å². The van der Waals surface area contributed by atoms with Gasteiger partial charge in [0.05, 0.1) is 0 Å². The molecule has 1 aliphatic heterocycles. The van der Waals surface area contributed by atoms with E-state index in [1.807, 2.05) is 0 Å². The van der Waals surface area contributed by atoms with E-state index < -0.39 is 0 Å². The summed E-state index contributed by atoms with van der Waals surface area (Å²) in [4.78, 5) is 2.25. The SMILES string of the molecule is CCN1C=CC=CC1.[Fe]. The molecule has 0 atom stereocenters. The van der Waals surface area contributed by atoms with Gasteiger partial charge in [0.15, 0.2) is 0 Å². The quantitative estimate of drug-likeness (QED) is 0.530. The average molecular weight is 165 g/mol. The number of nitrogens with zero attached hydrogens (tertiary/aromatic N) is 1. The summed E-state index contributed by atoms with van der Waals surface area (Å²) in [5.74, 6) is 0. The molecule has 0 aromatic rings. The summed E-state index contributed by atoms with van der Waals surface area (Å²) in [5, 5.41) is 0. The molecule has 0 N–H and O–H groups in total. The Morgan fingerprint density at radius 1 is 1.44 bits per heavy atom. The van der Waals surface area contributed by atoms with E-state index >= 15 is 0 Å². The Kier molecular flexibility index (Phi) is 4.55. The molecule has 1 rings (SSSR count). The Bertz CT molecular complexity index is 118. The van der Waals surface area contributed by atoms with Gasteiger partial charge in [-0.3, -0.25) is 0 Å². The number of hydrogen-bond donors (Lipinski definition) is 0. The largest absolute Gasteiger partial charge is 0.374 e. The molecule has 0 aliphatic carbocycles. The first kappa shape index (κ1) is 8.80. The summed E-state index contributed by atoms with van der Waals surface area (Å²) < 4.78 is 0. The van der Waals surface area contributed by atoms with E-state index in [0.717, 1.165) is 13.1 Å². The van der Waals surface area contributed by atoms with Crippen molar-refractivity contribution >= 4 is 0 Å². The Labute approximate surface area is 66.9 Å². The van der Waals surface area contributed by atoms with Crippen molar-refractivity contribution in [1.29, 1.82) is 0 Å². The normalized spacial score (nSPS) is 15.4. The fourth-order valence-corrected chi connectivity index (χ4v) is 0.742. The minimum absolute atomic E-state index is 0. The molecule has 1 aliphatic rings. The number of allylic oxidation sites excluding steroid dienone is 2. The zero-order valence-corrected chi connectivity index (χ0v) is 6.63. The minimum atomic E-state index is 0. The molecule has 0 spiro atoms. The first-order valence-electron chi connectivity index (χ1n) is 3.01. The standard InChI is InChI=1S/C7H11N.Fe/c1-2-8-6-4-3-5-7-8;/h3-6H,2,7H2,1H3;. The third-order valence-corrected chi connectivity index (χ3v) is 1.29. The van der Waals surface area contributed by atoms with Crippen molar-refractivity contribution in [3.63, 3.8) is 0 Å². The molecule has 0 saturated heterocycles. The summed E-state index contributed by atoms with van der Waals surface area (Å²) in [5.41, 5.74) is 0. The first-order chi connectivity index (χ1) is 3.93. The van der Waals surface area contributed by atoms with Gasteiger partial charge in [-0.2, -0.15) is 0 Å². The summed E-state index contributed by atoms with van der Waals surface area (Å²) in [7, 11) is 0. The van der Waals surface area contributed by atoms with Crippen LogP contribution in [0.25, 0.3) is 0 Å². The second kappa shape index (κ2) is 4.66. The monoisotopic (exact) mass is 165 g/mol. The smallest absolute Gasteiger partial charge is 0.0356 e. The van der Waals surface area contributed by atoms with Gasteiger partial charge < -0.3 is 4.90 Å². The van der Waals surface area contributed by atoms with Crippen molar-refractivity contribution in [3.05, 3.63) is 24.4 Å². The van der Waals surface area contributed by atoms with Crippen LogP contribution in [0.4, 0.5) is 0 Å². The van der Waals surface area contributed by atoms with Gasteiger partial charge in [0.2, 0.25) is 0 Å². The number of likely N-dealkylation sites (N-methyl/N-ethyl adjacent to an activating group) is 1. The van der Waals surface area contributed by atoms with Gasteiger partial charge in [-0.25, -0.2) is 0 Å². The van der Waals surface area contributed by atoms with E-state index in [9.17, 15) is 0 Å². The molecule has 0 fully saturated rings. The fraction of sp³-hybridized carbons (Fsp3) is 0.429. The van der Waals surface area contributed by atoms with Crippen molar-refractivity contribution in [1.82, 2.24) is 4.90 Å². The molecule has 0 aromatic heterocycles. The van der Waals surface area contributed by atoms with E-state index in [4.69, 9.17) is 0 Å². The number of hydrogen-bond acceptors (Lipinski definition) is 1. The van der Waals surface area contributed by atoms with Gasteiger partial charge in [0.25, 0.3) is 0 Å². The van der Waals surface area contributed by atoms with E-state index in [-0.39, 0.29) is 17.1 Å². The van der Waals surface area contributed by atoms with Crippen molar-refractivity contribution in [2.75, 3.05) is 13.1 Å². The van der Waals surface area contributed by atoms with Gasteiger partial charge in [0, 0.05) is 30.2 Å². The molecular weight excluding hydrogens is 154 g/mol. The minimum Gasteiger partial charge on any atom is -0.374 e. The van der Waals surface area contributed by atoms with Crippen LogP contribution in [0.5, 0.6) is 0 Å². The summed E-state index contributed by atoms with van der Waals surface area (Å²) in [6, 6.07) is 0. The van der Waals surface area contributed by atoms with Crippen LogP contribution in [-0.2, 0) is 17.1 Å². The van der Waals surface area contributed by atoms with Crippen LogP contribution in [0.2, 0.25) is 0 Å². The molecule has 52 valence electrons. The molecule has 2 heteroatoms. The maximum atomic E-state index is 2.25. The second-order valence-corrected chi connectivity index (χ2v) is 1.86. The molecule has 0 aromatic carbocycles. The van der Waals surface area contributed by atoms with Crippen LogP contribution in [0, 0.1) is 0 Å². The van der Waals surface area contributed by atoms with Crippen LogP contribution in [0.3, 0.4) is 0 Å². The maximum Gasteiger partial charge on any atom is 0.0356 e. The van der Waals surface area contributed by atoms with Crippen LogP contribution in [-0.4, -0.2) is 18.0 Å². The van der Waals surface area contributed by atoms with Gasteiger partial charge in [0.1, 0.15) is 0 Å². The van der Waals surface area contributed by atoms with E-state index in [2.05, 4.69) is 36.3 Å². The van der Waals surface area contributed by atoms with Gasteiger partial charge >= 0.3 is 0 Å². The molecule has 9 heavy (non-hydrogen) atoms. The topological polar surface area (TPSA) is 3.24 Å². The molecule has 0 bridgehead atoms. The molecule has 0 radical (unpaired) electrons. The Morgan fingerprint density at radius 2 is 2.22 bits per heavy atom. The molecule has 1 nitrogen and oxygen atoms in total. The Morgan fingerprint density at radius 3 is 2.56 bits per heavy atom. The van der Waals surface area contributed by atoms with Gasteiger partial charge in [-0.15, -0.1) is 0 Å². The van der Waals surface area contributed by atoms with E-state index in [0.29, 0.717) is 0 Å². The summed E-state index contributed by atoms with van der Waals surface area (Å²) in [6.07, 6.45) is 8.41. The van der Waals surface area contributed by atoms with Crippen LogP contribution in [0.15, 0.2) is 24.4 Å². The van der Waals surface area contributed by atoms with Crippen molar-refractivity contribution in [2.45, 2.75) is 6.92 Å². The Hall–Kier alpha value is -0.201. The van der Waals surface area contributed by atoms with Crippen molar-refractivity contribution in [3.8, 4) is 0 Å². The average Bonchev–Trinajstić information content (AvgIpc) is 1.90. The zero-order valence-electron chi connectivity index (χ0n) is 5.52. The Balaban J connectivity index is 0.000000640. The zero-order chi connectivity index (χ0) is 5.82. The first-order valence-corrected chi connectivity index (χ1v) is 3.01. The van der Waals surface area contributed by atoms with Crippen molar-refractivity contribution < 1.29 is 17.1 Å². The maximum absolute atomic E-state index is 2.25. The predicted molar refractivity (Wildman–Crippen MR) is 35.5 cm³/mol. The van der Waals surface area contributed by atoms with Crippen molar-refractivity contribution in [2.24, 2.45) is 0 Å². The second-order valence-electron chi connectivity index (χ2n) is 1.86. The molecule has 1 heterocycles. The van der Waals surface area contributed by atoms with Crippen LogP contribution < -0.4 is 0 Å². The molecule has 0 saturated carbocycles. The van der Waals surface area contributed by atoms with Crippen LogP contribution in [0.1, 0.15) is 6.92 Å². The molecule has 0 amide bonds. The van der Waals surface area contributed by atoms with Gasteiger partial charge in [-0.1, -0.05) is 12.2 Å². The fourth-order valence-electron chi connectivity index (χ4n) is 0.742. The van der Waals surface area contributed by atoms with Gasteiger partial charge in [-0.05, 0) is 19.2 Å². The summed E-state index contributed by atoms with van der Waals surface area (Å²) in [6.45, 7) is 4.34.